The van der Waals surface area contributed by atoms with Crippen LogP contribution in [-0.4, -0.2) is 20.4 Å². The zero-order chi connectivity index (χ0) is 9.68. The number of ether oxygens (including phenoxy) is 1. The fourth-order valence-corrected chi connectivity index (χ4v) is 0.857. The van der Waals surface area contributed by atoms with Gasteiger partial charge in [-0.1, -0.05) is 5.16 Å². The molecule has 3 nitrogen and oxygen atoms in total. The van der Waals surface area contributed by atoms with E-state index in [1.807, 2.05) is 0 Å². The Morgan fingerprint density at radius 2 is 2.15 bits per heavy atom. The quantitative estimate of drug-likeness (QED) is 0.528. The second-order valence-corrected chi connectivity index (χ2v) is 2.30. The van der Waals surface area contributed by atoms with Crippen LogP contribution in [0.5, 0.6) is 5.75 Å². The summed E-state index contributed by atoms with van der Waals surface area (Å²) in [6, 6.07) is 4.40. The summed E-state index contributed by atoms with van der Waals surface area (Å²) in [5, 5.41) is 3.46. The molecule has 0 aromatic heterocycles. The highest BCUT2D eigenvalue weighted by molar-refractivity contribution is 5.80. The van der Waals surface area contributed by atoms with Gasteiger partial charge in [0.25, 0.3) is 0 Å². The summed E-state index contributed by atoms with van der Waals surface area (Å²) in [7, 11) is 2.92. The summed E-state index contributed by atoms with van der Waals surface area (Å²) in [5.41, 5.74) is 0.334. The molecule has 0 fully saturated rings. The lowest BCUT2D eigenvalue weighted by Gasteiger charge is -2.00. The van der Waals surface area contributed by atoms with E-state index in [1.54, 1.807) is 6.07 Å². The lowest BCUT2D eigenvalue weighted by molar-refractivity contribution is 0.215. The first-order valence-corrected chi connectivity index (χ1v) is 3.68. The maximum atomic E-state index is 13.0. The van der Waals surface area contributed by atoms with Gasteiger partial charge in [0.15, 0.2) is 0 Å². The lowest BCUT2D eigenvalue weighted by atomic mass is 10.2. The molecule has 4 heteroatoms. The van der Waals surface area contributed by atoms with Gasteiger partial charge in [-0.15, -0.1) is 0 Å². The second kappa shape index (κ2) is 4.45. The minimum atomic E-state index is -0.360. The van der Waals surface area contributed by atoms with Gasteiger partial charge in [0, 0.05) is 5.56 Å². The summed E-state index contributed by atoms with van der Waals surface area (Å²) in [4.78, 5) is 4.44. The number of benzene rings is 1. The van der Waals surface area contributed by atoms with E-state index in [2.05, 4.69) is 9.99 Å². The van der Waals surface area contributed by atoms with Crippen molar-refractivity contribution in [1.82, 2.24) is 0 Å². The standard InChI is InChI=1S/C9H10FNO2/c1-12-8-3-4-9(10)7(5-8)6-11-13-2/h3-6H,1-2H3/b11-6+. The van der Waals surface area contributed by atoms with Gasteiger partial charge in [-0.25, -0.2) is 4.39 Å². The van der Waals surface area contributed by atoms with Gasteiger partial charge < -0.3 is 9.57 Å². The Kier molecular flexibility index (Phi) is 3.25. The van der Waals surface area contributed by atoms with Crippen molar-refractivity contribution in [2.24, 2.45) is 5.16 Å². The molecule has 0 heterocycles. The van der Waals surface area contributed by atoms with Crippen LogP contribution in [0.1, 0.15) is 5.56 Å². The third kappa shape index (κ3) is 2.43. The van der Waals surface area contributed by atoms with E-state index < -0.39 is 0 Å². The first kappa shape index (κ1) is 9.51. The van der Waals surface area contributed by atoms with Crippen molar-refractivity contribution < 1.29 is 14.0 Å². The normalized spacial score (nSPS) is 10.4. The fourth-order valence-electron chi connectivity index (χ4n) is 0.857. The topological polar surface area (TPSA) is 30.8 Å². The molecular formula is C9H10FNO2. The molecule has 0 atom stereocenters. The molecule has 1 rings (SSSR count). The smallest absolute Gasteiger partial charge is 0.132 e. The van der Waals surface area contributed by atoms with E-state index in [-0.39, 0.29) is 5.82 Å². The number of hydrogen-bond acceptors (Lipinski definition) is 3. The SMILES string of the molecule is CO/N=C/c1cc(OC)ccc1F. The van der Waals surface area contributed by atoms with Crippen molar-refractivity contribution >= 4 is 6.21 Å². The van der Waals surface area contributed by atoms with Crippen LogP contribution in [0, 0.1) is 5.82 Å². The first-order chi connectivity index (χ1) is 6.27. The Bertz CT molecular complexity index is 312. The molecule has 0 saturated carbocycles. The highest BCUT2D eigenvalue weighted by atomic mass is 19.1. The van der Waals surface area contributed by atoms with Crippen molar-refractivity contribution in [2.75, 3.05) is 14.2 Å². The summed E-state index contributed by atoms with van der Waals surface area (Å²) < 4.78 is 17.9. The van der Waals surface area contributed by atoms with E-state index in [0.717, 1.165) is 0 Å². The summed E-state index contributed by atoms with van der Waals surface area (Å²) in [6.45, 7) is 0. The van der Waals surface area contributed by atoms with Crippen LogP contribution in [-0.2, 0) is 4.84 Å². The van der Waals surface area contributed by atoms with Gasteiger partial charge in [0.05, 0.1) is 13.3 Å². The molecule has 0 N–H and O–H groups in total. The van der Waals surface area contributed by atoms with E-state index >= 15 is 0 Å². The first-order valence-electron chi connectivity index (χ1n) is 3.68. The van der Waals surface area contributed by atoms with E-state index in [9.17, 15) is 4.39 Å². The molecule has 0 aliphatic rings. The van der Waals surface area contributed by atoms with E-state index in [4.69, 9.17) is 4.74 Å². The van der Waals surface area contributed by atoms with Gasteiger partial charge in [-0.3, -0.25) is 0 Å². The second-order valence-electron chi connectivity index (χ2n) is 2.30. The Labute approximate surface area is 75.8 Å². The maximum absolute atomic E-state index is 13.0. The molecule has 70 valence electrons. The minimum absolute atomic E-state index is 0.334. The van der Waals surface area contributed by atoms with E-state index in [1.165, 1.54) is 32.6 Å². The predicted octanol–water partition coefficient (Wildman–Crippen LogP) is 1.81. The van der Waals surface area contributed by atoms with Crippen LogP contribution < -0.4 is 4.74 Å². The van der Waals surface area contributed by atoms with Crippen LogP contribution in [0.4, 0.5) is 4.39 Å². The number of oxime groups is 1. The van der Waals surface area contributed by atoms with Gasteiger partial charge in [-0.05, 0) is 18.2 Å². The van der Waals surface area contributed by atoms with Crippen LogP contribution in [0.15, 0.2) is 23.4 Å². The fraction of sp³-hybridized carbons (Fsp3) is 0.222. The van der Waals surface area contributed by atoms with Crippen LogP contribution in [0.25, 0.3) is 0 Å². The predicted molar refractivity (Wildman–Crippen MR) is 47.6 cm³/mol. The van der Waals surface area contributed by atoms with Crippen molar-refractivity contribution in [3.63, 3.8) is 0 Å². The van der Waals surface area contributed by atoms with Crippen LogP contribution in [0.3, 0.4) is 0 Å². The molecular weight excluding hydrogens is 173 g/mol. The largest absolute Gasteiger partial charge is 0.497 e. The molecule has 0 unspecified atom stereocenters. The number of hydrogen-bond donors (Lipinski definition) is 0. The third-order valence-electron chi connectivity index (χ3n) is 1.50. The monoisotopic (exact) mass is 183 g/mol. The van der Waals surface area contributed by atoms with Crippen LogP contribution in [0.2, 0.25) is 0 Å². The summed E-state index contributed by atoms with van der Waals surface area (Å²) >= 11 is 0. The molecule has 0 amide bonds. The van der Waals surface area contributed by atoms with Gasteiger partial charge in [0.2, 0.25) is 0 Å². The highest BCUT2D eigenvalue weighted by Crippen LogP contribution is 2.14. The number of halogens is 1. The van der Waals surface area contributed by atoms with Crippen LogP contribution >= 0.6 is 0 Å². The minimum Gasteiger partial charge on any atom is -0.497 e. The highest BCUT2D eigenvalue weighted by Gasteiger charge is 2.00. The molecule has 13 heavy (non-hydrogen) atoms. The zero-order valence-corrected chi connectivity index (χ0v) is 7.45. The summed E-state index contributed by atoms with van der Waals surface area (Å²) in [6.07, 6.45) is 1.29. The third-order valence-corrected chi connectivity index (χ3v) is 1.50. The maximum Gasteiger partial charge on any atom is 0.132 e. The molecule has 0 aliphatic carbocycles. The van der Waals surface area contributed by atoms with Crippen molar-refractivity contribution in [3.8, 4) is 5.75 Å². The number of rotatable bonds is 3. The molecule has 0 bridgehead atoms. The van der Waals surface area contributed by atoms with Crippen molar-refractivity contribution in [1.29, 1.82) is 0 Å². The number of methoxy groups -OCH3 is 1. The number of nitrogens with zero attached hydrogens (tertiary/aromatic N) is 1. The average molecular weight is 183 g/mol. The van der Waals surface area contributed by atoms with Crippen molar-refractivity contribution in [3.05, 3.63) is 29.6 Å². The Morgan fingerprint density at radius 3 is 2.77 bits per heavy atom. The molecule has 1 aromatic rings. The average Bonchev–Trinajstić information content (AvgIpc) is 2.17. The Hall–Kier alpha value is -1.58. The molecule has 0 spiro atoms. The van der Waals surface area contributed by atoms with Gasteiger partial charge in [0.1, 0.15) is 18.7 Å². The van der Waals surface area contributed by atoms with Crippen molar-refractivity contribution in [2.45, 2.75) is 0 Å². The molecule has 0 radical (unpaired) electrons. The Balaban J connectivity index is 2.97. The molecule has 0 aliphatic heterocycles. The summed E-state index contributed by atoms with van der Waals surface area (Å²) in [5.74, 6) is 0.223. The Morgan fingerprint density at radius 1 is 1.38 bits per heavy atom. The zero-order valence-electron chi connectivity index (χ0n) is 7.45. The van der Waals surface area contributed by atoms with Gasteiger partial charge in [-0.2, -0.15) is 0 Å². The van der Waals surface area contributed by atoms with Gasteiger partial charge >= 0.3 is 0 Å². The molecule has 0 saturated heterocycles. The molecule has 1 aromatic carbocycles. The van der Waals surface area contributed by atoms with E-state index in [0.29, 0.717) is 11.3 Å². The lowest BCUT2D eigenvalue weighted by Crippen LogP contribution is -1.91.